The van der Waals surface area contributed by atoms with E-state index in [0.717, 1.165) is 0 Å². The van der Waals surface area contributed by atoms with Crippen LogP contribution in [0.2, 0.25) is 10.0 Å². The van der Waals surface area contributed by atoms with E-state index in [-0.39, 0.29) is 26.5 Å². The summed E-state index contributed by atoms with van der Waals surface area (Å²) < 4.78 is 27.0. The monoisotopic (exact) mass is 400 g/mol. The van der Waals surface area contributed by atoms with Crippen LogP contribution in [0.15, 0.2) is 47.4 Å². The maximum Gasteiger partial charge on any atom is 0.258 e. The lowest BCUT2D eigenvalue weighted by atomic mass is 10.2. The summed E-state index contributed by atoms with van der Waals surface area (Å²) in [4.78, 5) is 12.4. The molecule has 0 spiro atoms. The highest BCUT2D eigenvalue weighted by Gasteiger charge is 2.18. The van der Waals surface area contributed by atoms with E-state index in [0.29, 0.717) is 12.1 Å². The molecule has 0 aliphatic heterocycles. The van der Waals surface area contributed by atoms with E-state index in [4.69, 9.17) is 23.2 Å². The number of amides is 1. The Morgan fingerprint density at radius 3 is 2.16 bits per heavy atom. The molecule has 0 saturated carbocycles. The first-order valence-electron chi connectivity index (χ1n) is 7.62. The van der Waals surface area contributed by atoms with E-state index in [1.165, 1.54) is 24.3 Å². The second kappa shape index (κ2) is 8.19. The van der Waals surface area contributed by atoms with Crippen molar-refractivity contribution in [1.82, 2.24) is 4.72 Å². The van der Waals surface area contributed by atoms with Gasteiger partial charge < -0.3 is 5.32 Å². The third kappa shape index (κ3) is 4.95. The molecule has 5 nitrogen and oxygen atoms in total. The van der Waals surface area contributed by atoms with Crippen LogP contribution >= 0.6 is 23.2 Å². The zero-order chi connectivity index (χ0) is 18.6. The number of anilines is 1. The van der Waals surface area contributed by atoms with Crippen LogP contribution in [0.4, 0.5) is 5.69 Å². The van der Waals surface area contributed by atoms with Crippen molar-refractivity contribution in [3.8, 4) is 0 Å². The van der Waals surface area contributed by atoms with Crippen LogP contribution in [0.5, 0.6) is 0 Å². The van der Waals surface area contributed by atoms with Gasteiger partial charge in [0.25, 0.3) is 5.91 Å². The van der Waals surface area contributed by atoms with Crippen LogP contribution in [0.3, 0.4) is 0 Å². The van der Waals surface area contributed by atoms with Crippen molar-refractivity contribution in [2.24, 2.45) is 0 Å². The number of halogens is 2. The first-order valence-corrected chi connectivity index (χ1v) is 9.86. The highest BCUT2D eigenvalue weighted by atomic mass is 35.5. The summed E-state index contributed by atoms with van der Waals surface area (Å²) in [6.45, 7) is 3.69. The summed E-state index contributed by atoms with van der Waals surface area (Å²) in [6, 6.07) is 10.5. The Kier molecular flexibility index (Phi) is 6.46. The maximum absolute atomic E-state index is 12.3. The normalized spacial score (nSPS) is 12.6. The molecule has 134 valence electrons. The fourth-order valence-corrected chi connectivity index (χ4v) is 3.94. The molecular weight excluding hydrogens is 383 g/mol. The van der Waals surface area contributed by atoms with Gasteiger partial charge in [0.2, 0.25) is 10.0 Å². The number of hydrogen-bond acceptors (Lipinski definition) is 3. The van der Waals surface area contributed by atoms with E-state index in [1.54, 1.807) is 25.1 Å². The molecule has 0 heterocycles. The Bertz CT molecular complexity index is 848. The molecule has 2 N–H and O–H groups in total. The van der Waals surface area contributed by atoms with Crippen LogP contribution in [0.25, 0.3) is 0 Å². The predicted octanol–water partition coefficient (Wildman–Crippen LogP) is 4.32. The summed E-state index contributed by atoms with van der Waals surface area (Å²) in [5.74, 6) is -0.469. The Morgan fingerprint density at radius 2 is 1.64 bits per heavy atom. The van der Waals surface area contributed by atoms with Gasteiger partial charge in [0.1, 0.15) is 0 Å². The summed E-state index contributed by atoms with van der Waals surface area (Å²) in [5.41, 5.74) is 0.601. The van der Waals surface area contributed by atoms with E-state index < -0.39 is 15.9 Å². The molecule has 0 fully saturated rings. The molecule has 0 saturated heterocycles. The number of rotatable bonds is 6. The minimum absolute atomic E-state index is 0.126. The second-order valence-electron chi connectivity index (χ2n) is 5.51. The van der Waals surface area contributed by atoms with Gasteiger partial charge in [-0.1, -0.05) is 36.2 Å². The van der Waals surface area contributed by atoms with Gasteiger partial charge in [-0.2, -0.15) is 0 Å². The molecule has 1 atom stereocenters. The first-order chi connectivity index (χ1) is 11.7. The molecule has 8 heteroatoms. The molecule has 0 aromatic heterocycles. The SMILES string of the molecule is CCC(C)NS(=O)(=O)c1ccc(NC(=O)c2c(Cl)cccc2Cl)cc1. The fraction of sp³-hybridized carbons (Fsp3) is 0.235. The van der Waals surface area contributed by atoms with Crippen LogP contribution in [0.1, 0.15) is 30.6 Å². The van der Waals surface area contributed by atoms with Gasteiger partial charge in [0.15, 0.2) is 0 Å². The quantitative estimate of drug-likeness (QED) is 0.757. The minimum Gasteiger partial charge on any atom is -0.322 e. The van der Waals surface area contributed by atoms with Crippen molar-refractivity contribution in [2.45, 2.75) is 31.2 Å². The number of benzene rings is 2. The first kappa shape index (κ1) is 19.7. The van der Waals surface area contributed by atoms with E-state index in [1.807, 2.05) is 6.92 Å². The van der Waals surface area contributed by atoms with Gasteiger partial charge in [-0.15, -0.1) is 0 Å². The largest absolute Gasteiger partial charge is 0.322 e. The molecule has 1 amide bonds. The number of nitrogens with one attached hydrogen (secondary N) is 2. The average molecular weight is 401 g/mol. The van der Waals surface area contributed by atoms with E-state index in [9.17, 15) is 13.2 Å². The zero-order valence-electron chi connectivity index (χ0n) is 13.7. The van der Waals surface area contributed by atoms with E-state index in [2.05, 4.69) is 10.0 Å². The number of carbonyl (C=O) groups is 1. The summed E-state index contributed by atoms with van der Waals surface area (Å²) >= 11 is 12.0. The predicted molar refractivity (Wildman–Crippen MR) is 101 cm³/mol. The lowest BCUT2D eigenvalue weighted by Crippen LogP contribution is -2.31. The summed E-state index contributed by atoms with van der Waals surface area (Å²) in [7, 11) is -3.59. The Labute approximate surface area is 157 Å². The van der Waals surface area contributed by atoms with Gasteiger partial charge in [-0.05, 0) is 49.7 Å². The molecule has 2 rings (SSSR count). The molecule has 0 aliphatic rings. The average Bonchev–Trinajstić information content (AvgIpc) is 2.54. The Morgan fingerprint density at radius 1 is 1.08 bits per heavy atom. The highest BCUT2D eigenvalue weighted by Crippen LogP contribution is 2.25. The molecule has 0 aliphatic carbocycles. The smallest absolute Gasteiger partial charge is 0.258 e. The molecule has 0 bridgehead atoms. The van der Waals surface area contributed by atoms with Crippen molar-refractivity contribution in [3.05, 3.63) is 58.1 Å². The molecule has 25 heavy (non-hydrogen) atoms. The topological polar surface area (TPSA) is 75.3 Å². The van der Waals surface area contributed by atoms with Crippen LogP contribution in [0, 0.1) is 0 Å². The fourth-order valence-electron chi connectivity index (χ4n) is 2.04. The third-order valence-electron chi connectivity index (χ3n) is 3.58. The van der Waals surface area contributed by atoms with Gasteiger partial charge in [-0.25, -0.2) is 13.1 Å². The Balaban J connectivity index is 2.17. The summed E-state index contributed by atoms with van der Waals surface area (Å²) in [5, 5.41) is 3.12. The van der Waals surface area contributed by atoms with Gasteiger partial charge in [0.05, 0.1) is 20.5 Å². The maximum atomic E-state index is 12.3. The second-order valence-corrected chi connectivity index (χ2v) is 8.03. The van der Waals surface area contributed by atoms with Crippen molar-refractivity contribution in [2.75, 3.05) is 5.32 Å². The lowest BCUT2D eigenvalue weighted by Gasteiger charge is -2.13. The molecular formula is C17H18Cl2N2O3S. The van der Waals surface area contributed by atoms with Gasteiger partial charge >= 0.3 is 0 Å². The lowest BCUT2D eigenvalue weighted by molar-refractivity contribution is 0.102. The number of carbonyl (C=O) groups excluding carboxylic acids is 1. The zero-order valence-corrected chi connectivity index (χ0v) is 16.0. The van der Waals surface area contributed by atoms with Crippen LogP contribution in [-0.4, -0.2) is 20.4 Å². The van der Waals surface area contributed by atoms with Crippen LogP contribution in [-0.2, 0) is 10.0 Å². The van der Waals surface area contributed by atoms with Gasteiger partial charge in [0, 0.05) is 11.7 Å². The molecule has 1 unspecified atom stereocenters. The molecule has 2 aromatic carbocycles. The van der Waals surface area contributed by atoms with Crippen LogP contribution < -0.4 is 10.0 Å². The van der Waals surface area contributed by atoms with Crippen molar-refractivity contribution in [1.29, 1.82) is 0 Å². The van der Waals surface area contributed by atoms with Gasteiger partial charge in [-0.3, -0.25) is 4.79 Å². The van der Waals surface area contributed by atoms with Crippen molar-refractivity contribution < 1.29 is 13.2 Å². The summed E-state index contributed by atoms with van der Waals surface area (Å²) in [6.07, 6.45) is 0.686. The third-order valence-corrected chi connectivity index (χ3v) is 5.82. The Hall–Kier alpha value is -1.60. The molecule has 2 aromatic rings. The van der Waals surface area contributed by atoms with Crippen molar-refractivity contribution >= 4 is 44.8 Å². The highest BCUT2D eigenvalue weighted by molar-refractivity contribution is 7.89. The number of sulfonamides is 1. The minimum atomic E-state index is -3.59. The van der Waals surface area contributed by atoms with E-state index >= 15 is 0 Å². The molecule has 0 radical (unpaired) electrons. The standard InChI is InChI=1S/C17H18Cl2N2O3S/c1-3-11(2)21-25(23,24)13-9-7-12(8-10-13)20-17(22)16-14(18)5-4-6-15(16)19/h4-11,21H,3H2,1-2H3,(H,20,22). The van der Waals surface area contributed by atoms with Crippen molar-refractivity contribution in [3.63, 3.8) is 0 Å². The number of hydrogen-bond donors (Lipinski definition) is 2.